The average molecular weight is 845 g/mol. The minimum atomic E-state index is -4.29. The van der Waals surface area contributed by atoms with Gasteiger partial charge < -0.3 is 18.9 Å². The predicted octanol–water partition coefficient (Wildman–Crippen LogP) is 13.8. The number of hydrogen-bond acceptors (Lipinski definition) is 6. The van der Waals surface area contributed by atoms with E-state index in [1.807, 2.05) is 21.1 Å². The molecule has 0 saturated heterocycles. The van der Waals surface area contributed by atoms with E-state index in [-0.39, 0.29) is 32.2 Å². The van der Waals surface area contributed by atoms with Gasteiger partial charge in [-0.25, -0.2) is 4.57 Å². The third-order valence-electron chi connectivity index (χ3n) is 9.13. The zero-order valence-corrected chi connectivity index (χ0v) is 39.1. The number of ether oxygens (including phenoxy) is 2. The van der Waals surface area contributed by atoms with E-state index in [1.54, 1.807) is 0 Å². The van der Waals surface area contributed by atoms with Gasteiger partial charge in [0.05, 0.1) is 34.4 Å². The van der Waals surface area contributed by atoms with Crippen LogP contribution in [0.3, 0.4) is 0 Å². The highest BCUT2D eigenvalue weighted by atomic mass is 31.2. The van der Waals surface area contributed by atoms with Crippen molar-refractivity contribution in [3.8, 4) is 0 Å². The molecule has 2 atom stereocenters. The summed E-state index contributed by atoms with van der Waals surface area (Å²) in [6, 6.07) is 0. The second kappa shape index (κ2) is 42.1. The Morgan fingerprint density at radius 1 is 0.542 bits per heavy atom. The van der Waals surface area contributed by atoms with Crippen molar-refractivity contribution in [1.82, 2.24) is 0 Å². The maximum absolute atomic E-state index is 12.7. The number of carbonyl (C=O) groups excluding carboxylic acids is 1. The van der Waals surface area contributed by atoms with Gasteiger partial charge in [0.1, 0.15) is 19.3 Å². The number of quaternary nitrogens is 1. The summed E-state index contributed by atoms with van der Waals surface area (Å²) in [6.07, 6.45) is 57.3. The van der Waals surface area contributed by atoms with Crippen molar-refractivity contribution in [1.29, 1.82) is 0 Å². The van der Waals surface area contributed by atoms with Crippen LogP contribution < -0.4 is 0 Å². The normalized spacial score (nSPS) is 14.6. The largest absolute Gasteiger partial charge is 0.472 e. The number of phosphoric ester groups is 1. The molecule has 0 bridgehead atoms. The minimum absolute atomic E-state index is 0.0750. The zero-order chi connectivity index (χ0) is 43.4. The van der Waals surface area contributed by atoms with E-state index in [9.17, 15) is 14.3 Å². The van der Waals surface area contributed by atoms with E-state index in [0.717, 1.165) is 83.5 Å². The first-order chi connectivity index (χ1) is 28.6. The lowest BCUT2D eigenvalue weighted by molar-refractivity contribution is -0.870. The maximum atomic E-state index is 12.7. The van der Waals surface area contributed by atoms with Crippen molar-refractivity contribution >= 4 is 13.8 Å². The molecule has 0 aromatic carbocycles. The molecule has 9 heteroatoms. The Balaban J connectivity index is 4.29. The molecule has 0 amide bonds. The molecule has 0 aliphatic heterocycles. The SMILES string of the molecule is CC/C=C\C/C=C\C/C=C\C/C=C\C/C=C\C/C=C\C/C=C\CCCCCC(=O)OC(COCCCCCCCC/C=C\CCCC)COP(=O)(O)OCC[N+](C)(C)C. The lowest BCUT2D eigenvalue weighted by Gasteiger charge is -2.24. The Bertz CT molecular complexity index is 1260. The van der Waals surface area contributed by atoms with Crippen molar-refractivity contribution in [2.45, 2.75) is 161 Å². The molecule has 0 spiro atoms. The molecule has 0 fully saturated rings. The molecule has 0 heterocycles. The topological polar surface area (TPSA) is 91.3 Å². The quantitative estimate of drug-likeness (QED) is 0.0215. The summed E-state index contributed by atoms with van der Waals surface area (Å²) < 4.78 is 34.9. The summed E-state index contributed by atoms with van der Waals surface area (Å²) in [7, 11) is 1.62. The number of phosphoric acid groups is 1. The fourth-order valence-corrected chi connectivity index (χ4v) is 6.31. The zero-order valence-electron chi connectivity index (χ0n) is 38.2. The molecule has 59 heavy (non-hydrogen) atoms. The highest BCUT2D eigenvalue weighted by Gasteiger charge is 2.26. The summed E-state index contributed by atoms with van der Waals surface area (Å²) in [5, 5.41) is 0. The Kier molecular flexibility index (Phi) is 40.3. The monoisotopic (exact) mass is 845 g/mol. The van der Waals surface area contributed by atoms with Crippen LogP contribution in [0.25, 0.3) is 0 Å². The van der Waals surface area contributed by atoms with E-state index in [1.165, 1.54) is 51.4 Å². The second-order valence-electron chi connectivity index (χ2n) is 16.0. The molecular weight excluding hydrogens is 758 g/mol. The van der Waals surface area contributed by atoms with E-state index >= 15 is 0 Å². The van der Waals surface area contributed by atoms with Gasteiger partial charge >= 0.3 is 13.8 Å². The van der Waals surface area contributed by atoms with E-state index < -0.39 is 13.9 Å². The van der Waals surface area contributed by atoms with Crippen LogP contribution in [0, 0.1) is 0 Å². The highest BCUT2D eigenvalue weighted by molar-refractivity contribution is 7.47. The number of carbonyl (C=O) groups is 1. The van der Waals surface area contributed by atoms with Gasteiger partial charge in [-0.15, -0.1) is 0 Å². The average Bonchev–Trinajstić information content (AvgIpc) is 3.19. The first-order valence-corrected chi connectivity index (χ1v) is 24.5. The van der Waals surface area contributed by atoms with Gasteiger partial charge in [0, 0.05) is 13.0 Å². The van der Waals surface area contributed by atoms with E-state index in [4.69, 9.17) is 18.5 Å². The number of esters is 1. The van der Waals surface area contributed by atoms with E-state index in [0.29, 0.717) is 17.6 Å². The number of unbranched alkanes of at least 4 members (excludes halogenated alkanes) is 11. The first kappa shape index (κ1) is 56.4. The summed E-state index contributed by atoms with van der Waals surface area (Å²) in [6.45, 7) is 5.38. The van der Waals surface area contributed by atoms with Crippen LogP contribution in [-0.2, 0) is 27.9 Å². The molecule has 338 valence electrons. The molecule has 0 aromatic heterocycles. The van der Waals surface area contributed by atoms with Gasteiger partial charge in [-0.3, -0.25) is 13.8 Å². The van der Waals surface area contributed by atoms with Crippen molar-refractivity contribution in [2.24, 2.45) is 0 Å². The summed E-state index contributed by atoms with van der Waals surface area (Å²) in [5.41, 5.74) is 0. The third kappa shape index (κ3) is 46.3. The fourth-order valence-electron chi connectivity index (χ4n) is 5.57. The van der Waals surface area contributed by atoms with Gasteiger partial charge in [0.2, 0.25) is 0 Å². The second-order valence-corrected chi connectivity index (χ2v) is 17.5. The fraction of sp³-hybridized carbons (Fsp3) is 0.660. The van der Waals surface area contributed by atoms with Crippen LogP contribution in [0.15, 0.2) is 97.2 Å². The molecule has 8 nitrogen and oxygen atoms in total. The van der Waals surface area contributed by atoms with Crippen molar-refractivity contribution in [3.63, 3.8) is 0 Å². The molecule has 2 unspecified atom stereocenters. The van der Waals surface area contributed by atoms with Gasteiger partial charge in [-0.05, 0) is 89.9 Å². The van der Waals surface area contributed by atoms with Crippen LogP contribution in [0.2, 0.25) is 0 Å². The van der Waals surface area contributed by atoms with Gasteiger partial charge in [0.25, 0.3) is 0 Å². The van der Waals surface area contributed by atoms with Crippen LogP contribution >= 0.6 is 7.82 Å². The molecule has 0 radical (unpaired) electrons. The summed E-state index contributed by atoms with van der Waals surface area (Å²) in [4.78, 5) is 22.9. The van der Waals surface area contributed by atoms with Crippen LogP contribution in [0.4, 0.5) is 0 Å². The number of rotatable bonds is 41. The van der Waals surface area contributed by atoms with Gasteiger partial charge in [-0.1, -0.05) is 156 Å². The molecule has 0 saturated carbocycles. The Morgan fingerprint density at radius 3 is 1.49 bits per heavy atom. The van der Waals surface area contributed by atoms with Crippen molar-refractivity contribution in [2.75, 3.05) is 54.1 Å². The Morgan fingerprint density at radius 2 is 0.983 bits per heavy atom. The van der Waals surface area contributed by atoms with Gasteiger partial charge in [0.15, 0.2) is 0 Å². The molecule has 0 rings (SSSR count). The van der Waals surface area contributed by atoms with Crippen LogP contribution in [0.5, 0.6) is 0 Å². The first-order valence-electron chi connectivity index (χ1n) is 23.0. The predicted molar refractivity (Wildman–Crippen MR) is 251 cm³/mol. The van der Waals surface area contributed by atoms with Crippen molar-refractivity contribution in [3.05, 3.63) is 97.2 Å². The minimum Gasteiger partial charge on any atom is -0.457 e. The molecule has 0 aliphatic rings. The summed E-state index contributed by atoms with van der Waals surface area (Å²) in [5.74, 6) is -0.352. The van der Waals surface area contributed by atoms with E-state index in [2.05, 4.69) is 111 Å². The molecular formula is C50H87NO7P+. The van der Waals surface area contributed by atoms with Gasteiger partial charge in [-0.2, -0.15) is 0 Å². The number of nitrogens with zero attached hydrogens (tertiary/aromatic N) is 1. The molecule has 0 aliphatic carbocycles. The smallest absolute Gasteiger partial charge is 0.457 e. The Labute approximate surface area is 362 Å². The maximum Gasteiger partial charge on any atom is 0.472 e. The number of allylic oxidation sites excluding steroid dienone is 16. The number of hydrogen-bond donors (Lipinski definition) is 1. The van der Waals surface area contributed by atoms with Crippen LogP contribution in [0.1, 0.15) is 155 Å². The lowest BCUT2D eigenvalue weighted by Crippen LogP contribution is -2.37. The Hall–Kier alpha value is -2.58. The standard InChI is InChI=1S/C50H86NO7P/c1-6-8-10-12-14-16-18-20-21-22-23-24-25-26-27-28-29-30-31-32-33-35-37-39-41-43-50(52)58-49(48-57-59(53,54)56-46-44-51(3,4)5)47-55-45-42-40-38-36-34-19-17-15-13-11-9-7-2/h8,10,13-16,20-21,23-24,26-27,29-30,32-33,49H,6-7,9,11-12,17-19,22,25,28,31,34-48H2,1-5H3/p+1/b10-8-,15-13-,16-14-,21-20-,24-23-,27-26-,30-29-,33-32-. The van der Waals surface area contributed by atoms with Crippen molar-refractivity contribution < 1.29 is 37.3 Å². The highest BCUT2D eigenvalue weighted by Crippen LogP contribution is 2.43. The lowest BCUT2D eigenvalue weighted by atomic mass is 10.1. The molecule has 0 aromatic rings. The third-order valence-corrected chi connectivity index (χ3v) is 10.1. The van der Waals surface area contributed by atoms with Crippen LogP contribution in [-0.4, -0.2) is 75.6 Å². The number of likely N-dealkylation sites (N-methyl/N-ethyl adjacent to an activating group) is 1. The molecule has 1 N–H and O–H groups in total. The summed E-state index contributed by atoms with van der Waals surface area (Å²) >= 11 is 0.